The zero-order valence-electron chi connectivity index (χ0n) is 18.8. The minimum atomic E-state index is -5.19. The van der Waals surface area contributed by atoms with Gasteiger partial charge in [-0.25, -0.2) is 18.8 Å². The topological polar surface area (TPSA) is 63.2 Å². The van der Waals surface area contributed by atoms with E-state index < -0.39 is 70.3 Å². The maximum absolute atomic E-state index is 14.7. The molecule has 0 N–H and O–H groups in total. The summed E-state index contributed by atoms with van der Waals surface area (Å²) < 4.78 is 121. The molecule has 0 atom stereocenters. The number of hydrazone groups is 1. The molecule has 0 amide bonds. The molecule has 1 aliphatic heterocycles. The first-order chi connectivity index (χ1) is 17.8. The van der Waals surface area contributed by atoms with Crippen LogP contribution in [0.2, 0.25) is 5.02 Å². The van der Waals surface area contributed by atoms with E-state index in [1.165, 1.54) is 12.1 Å². The van der Waals surface area contributed by atoms with Gasteiger partial charge in [0.2, 0.25) is 0 Å². The normalized spacial score (nSPS) is 14.9. The molecule has 200 valence electrons. The Bertz CT molecular complexity index is 1440. The largest absolute Gasteiger partial charge is 0.478 e. The smallest absolute Gasteiger partial charge is 0.468 e. The molecule has 0 saturated carbocycles. The Kier molecular flexibility index (Phi) is 7.19. The van der Waals surface area contributed by atoms with Crippen LogP contribution in [0.15, 0.2) is 62.8 Å². The lowest BCUT2D eigenvalue weighted by Gasteiger charge is -2.28. The number of methoxy groups -OCH3 is 1. The molecule has 6 nitrogen and oxygen atoms in total. The number of allylic oxidation sites excluding steroid dienone is 2. The minimum absolute atomic E-state index is 0.330. The van der Waals surface area contributed by atoms with Gasteiger partial charge in [0.1, 0.15) is 23.0 Å². The first-order valence-corrected chi connectivity index (χ1v) is 10.7. The highest BCUT2D eigenvalue weighted by molar-refractivity contribution is 6.33. The number of hydrogen-bond donors (Lipinski definition) is 0. The van der Waals surface area contributed by atoms with E-state index in [4.69, 9.17) is 16.1 Å². The van der Waals surface area contributed by atoms with Gasteiger partial charge < -0.3 is 9.26 Å². The van der Waals surface area contributed by atoms with E-state index in [1.807, 2.05) is 0 Å². The first kappa shape index (κ1) is 27.1. The highest BCUT2D eigenvalue weighted by Gasteiger charge is 2.45. The molecule has 0 bridgehead atoms. The zero-order chi connectivity index (χ0) is 27.8. The third-order valence-electron chi connectivity index (χ3n) is 5.10. The van der Waals surface area contributed by atoms with Gasteiger partial charge in [-0.05, 0) is 30.3 Å². The van der Waals surface area contributed by atoms with Gasteiger partial charge in [0.25, 0.3) is 5.90 Å². The number of ether oxygens (including phenoxy) is 1. The summed E-state index contributed by atoms with van der Waals surface area (Å²) in [6.45, 7) is 0. The molecule has 0 fully saturated rings. The molecular formula is C23H13ClF8N4O2. The summed E-state index contributed by atoms with van der Waals surface area (Å²) in [7, 11) is 0.634. The molecule has 3 aromatic rings. The summed E-state index contributed by atoms with van der Waals surface area (Å²) in [5.74, 6) is -4.70. The highest BCUT2D eigenvalue weighted by Crippen LogP contribution is 2.47. The van der Waals surface area contributed by atoms with Gasteiger partial charge in [-0.2, -0.15) is 31.4 Å². The molecular weight excluding hydrogens is 552 g/mol. The first-order valence-electron chi connectivity index (χ1n) is 10.4. The van der Waals surface area contributed by atoms with Crippen molar-refractivity contribution < 1.29 is 44.4 Å². The second-order valence-electron chi connectivity index (χ2n) is 7.54. The summed E-state index contributed by atoms with van der Waals surface area (Å²) in [6.07, 6.45) is -10.0. The van der Waals surface area contributed by atoms with Gasteiger partial charge in [0.05, 0.1) is 23.4 Å². The molecule has 0 aliphatic carbocycles. The van der Waals surface area contributed by atoms with Gasteiger partial charge in [-0.3, -0.25) is 0 Å². The van der Waals surface area contributed by atoms with E-state index in [1.54, 1.807) is 0 Å². The number of rotatable bonds is 4. The van der Waals surface area contributed by atoms with Crippen LogP contribution in [-0.2, 0) is 4.74 Å². The molecule has 0 radical (unpaired) electrons. The molecule has 0 saturated heterocycles. The zero-order valence-corrected chi connectivity index (χ0v) is 19.6. The second kappa shape index (κ2) is 10.1. The monoisotopic (exact) mass is 564 g/mol. The average molecular weight is 565 g/mol. The van der Waals surface area contributed by atoms with Crippen molar-refractivity contribution >= 4 is 40.7 Å². The third kappa shape index (κ3) is 5.21. The number of hydrogen-bond acceptors (Lipinski definition) is 6. The molecule has 15 heteroatoms. The number of alkyl halides is 6. The van der Waals surface area contributed by atoms with E-state index in [-0.39, 0.29) is 10.7 Å². The third-order valence-corrected chi connectivity index (χ3v) is 5.42. The quantitative estimate of drug-likeness (QED) is 0.185. The van der Waals surface area contributed by atoms with Crippen molar-refractivity contribution in [2.45, 2.75) is 18.8 Å². The molecule has 1 aromatic heterocycles. The lowest BCUT2D eigenvalue weighted by molar-refractivity contribution is -0.0931. The summed E-state index contributed by atoms with van der Waals surface area (Å²) in [4.78, 5) is 3.33. The molecule has 0 unspecified atom stereocenters. The lowest BCUT2D eigenvalue weighted by atomic mass is 10.0. The van der Waals surface area contributed by atoms with Crippen LogP contribution in [0, 0.1) is 11.6 Å². The molecule has 1 aliphatic rings. The highest BCUT2D eigenvalue weighted by atomic mass is 35.5. The van der Waals surface area contributed by atoms with Gasteiger partial charge in [0, 0.05) is 18.2 Å². The lowest BCUT2D eigenvalue weighted by Crippen LogP contribution is -2.31. The average Bonchev–Trinajstić information content (AvgIpc) is 3.23. The fourth-order valence-corrected chi connectivity index (χ4v) is 3.84. The van der Waals surface area contributed by atoms with Crippen LogP contribution in [0.3, 0.4) is 0 Å². The van der Waals surface area contributed by atoms with Crippen LogP contribution >= 0.6 is 11.6 Å². The second-order valence-corrected chi connectivity index (χ2v) is 7.95. The van der Waals surface area contributed by atoms with Crippen molar-refractivity contribution in [1.29, 1.82) is 0 Å². The Hall–Kier alpha value is -3.94. The van der Waals surface area contributed by atoms with Crippen molar-refractivity contribution in [3.63, 3.8) is 0 Å². The van der Waals surface area contributed by atoms with E-state index >= 15 is 0 Å². The Labute approximate surface area is 213 Å². The van der Waals surface area contributed by atoms with E-state index in [9.17, 15) is 35.1 Å². The summed E-state index contributed by atoms with van der Waals surface area (Å²) in [5, 5.41) is 7.22. The Morgan fingerprint density at radius 3 is 2.39 bits per heavy atom. The van der Waals surface area contributed by atoms with Crippen molar-refractivity contribution in [3.8, 4) is 11.3 Å². The SMILES string of the molecule is COC(=Nc1c(-c2c(F)cccc2Cl)noc1C1=C(C(F)(F)F)N(c2cccc(F)c2)N=CC1)C(F)(F)F. The van der Waals surface area contributed by atoms with Crippen LogP contribution in [0.1, 0.15) is 12.2 Å². The number of anilines is 1. The standard InChI is InChI=1S/C23H13ClF8N4O2/c1-37-21(23(30,31)32)34-18-17(16-14(24)6-3-7-15(16)26)35-38-19(18)13-8-9-33-36(20(13)22(27,28)29)12-5-2-4-11(25)10-12/h2-7,9-10H,8H2,1H3. The van der Waals surface area contributed by atoms with Crippen LogP contribution in [0.25, 0.3) is 16.8 Å². The van der Waals surface area contributed by atoms with E-state index in [0.717, 1.165) is 36.5 Å². The van der Waals surface area contributed by atoms with Crippen molar-refractivity contribution in [2.75, 3.05) is 12.1 Å². The minimum Gasteiger partial charge on any atom is -0.478 e. The predicted molar refractivity (Wildman–Crippen MR) is 122 cm³/mol. The van der Waals surface area contributed by atoms with Gasteiger partial charge in [-0.1, -0.05) is 28.9 Å². The number of aromatic nitrogens is 1. The number of aliphatic imine (C=N–C) groups is 1. The van der Waals surface area contributed by atoms with Crippen molar-refractivity contribution in [3.05, 3.63) is 70.6 Å². The molecule has 38 heavy (non-hydrogen) atoms. The summed E-state index contributed by atoms with van der Waals surface area (Å²) >= 11 is 6.03. The van der Waals surface area contributed by atoms with E-state index in [2.05, 4.69) is 20.0 Å². The Morgan fingerprint density at radius 1 is 1.08 bits per heavy atom. The van der Waals surface area contributed by atoms with Crippen LogP contribution < -0.4 is 5.01 Å². The summed E-state index contributed by atoms with van der Waals surface area (Å²) in [5.41, 5.74) is -4.84. The van der Waals surface area contributed by atoms with Crippen LogP contribution in [0.4, 0.5) is 46.5 Å². The maximum atomic E-state index is 14.7. The maximum Gasteiger partial charge on any atom is 0.468 e. The van der Waals surface area contributed by atoms with Crippen LogP contribution in [-0.4, -0.2) is 36.7 Å². The van der Waals surface area contributed by atoms with Gasteiger partial charge in [0.15, 0.2) is 11.5 Å². The molecule has 2 aromatic carbocycles. The Balaban J connectivity index is 2.06. The fraction of sp³-hybridized carbons (Fsp3) is 0.174. The van der Waals surface area contributed by atoms with Crippen molar-refractivity contribution in [1.82, 2.24) is 5.16 Å². The number of nitrogens with zero attached hydrogens (tertiary/aromatic N) is 4. The predicted octanol–water partition coefficient (Wildman–Crippen LogP) is 7.68. The fourth-order valence-electron chi connectivity index (χ4n) is 3.59. The van der Waals surface area contributed by atoms with Crippen molar-refractivity contribution in [2.24, 2.45) is 10.1 Å². The molecule has 4 rings (SSSR count). The number of halogens is 9. The van der Waals surface area contributed by atoms with Crippen LogP contribution in [0.5, 0.6) is 0 Å². The van der Waals surface area contributed by atoms with E-state index in [0.29, 0.717) is 12.1 Å². The Morgan fingerprint density at radius 2 is 1.79 bits per heavy atom. The van der Waals surface area contributed by atoms with Gasteiger partial charge in [-0.15, -0.1) is 0 Å². The number of benzene rings is 2. The molecule has 2 heterocycles. The van der Waals surface area contributed by atoms with Gasteiger partial charge >= 0.3 is 12.4 Å². The molecule has 0 spiro atoms. The summed E-state index contributed by atoms with van der Waals surface area (Å²) in [6, 6.07) is 7.31.